The molecule has 32 heavy (non-hydrogen) atoms. The molecule has 0 atom stereocenters. The van der Waals surface area contributed by atoms with Crippen LogP contribution >= 0.6 is 0 Å². The number of rotatable bonds is 12. The van der Waals surface area contributed by atoms with Crippen LogP contribution in [-0.2, 0) is 19.3 Å². The van der Waals surface area contributed by atoms with Crippen LogP contribution < -0.4 is 0 Å². The van der Waals surface area contributed by atoms with Crippen molar-refractivity contribution in [3.05, 3.63) is 70.3 Å². The molecule has 1 nitrogen and oxygen atoms in total. The molecule has 1 heteroatoms. The zero-order valence-corrected chi connectivity index (χ0v) is 20.5. The van der Waals surface area contributed by atoms with Crippen LogP contribution in [0.2, 0.25) is 0 Å². The number of hydrogen-bond acceptors (Lipinski definition) is 1. The van der Waals surface area contributed by atoms with Gasteiger partial charge in [-0.15, -0.1) is 0 Å². The summed E-state index contributed by atoms with van der Waals surface area (Å²) in [7, 11) is 0. The van der Waals surface area contributed by atoms with Crippen molar-refractivity contribution >= 4 is 0 Å². The zero-order valence-electron chi connectivity index (χ0n) is 20.5. The van der Waals surface area contributed by atoms with Crippen LogP contribution in [-0.4, -0.2) is 0 Å². The molecule has 0 amide bonds. The highest BCUT2D eigenvalue weighted by Crippen LogP contribution is 2.40. The maximum absolute atomic E-state index is 9.82. The van der Waals surface area contributed by atoms with Crippen molar-refractivity contribution in [1.82, 2.24) is 0 Å². The Morgan fingerprint density at radius 2 is 1.41 bits per heavy atom. The van der Waals surface area contributed by atoms with E-state index in [4.69, 9.17) is 0 Å². The molecule has 1 aliphatic rings. The Labute approximate surface area is 197 Å². The Balaban J connectivity index is 1.61. The molecule has 0 heterocycles. The smallest absolute Gasteiger partial charge is 0.0994 e. The number of hydrogen-bond donors (Lipinski definition) is 0. The Bertz CT molecular complexity index is 834. The first-order valence-electron chi connectivity index (χ1n) is 13.3. The molecule has 0 radical (unpaired) electrons. The van der Waals surface area contributed by atoms with Gasteiger partial charge in [-0.1, -0.05) is 88.8 Å². The maximum Gasteiger partial charge on any atom is 0.0994 e. The predicted octanol–water partition coefficient (Wildman–Crippen LogP) is 8.93. The Hall–Kier alpha value is -2.07. The van der Waals surface area contributed by atoms with E-state index in [-0.39, 0.29) is 0 Å². The average molecular weight is 430 g/mol. The van der Waals surface area contributed by atoms with Crippen LogP contribution in [0, 0.1) is 17.2 Å². The molecule has 0 aliphatic heterocycles. The zero-order chi connectivity index (χ0) is 22.6. The van der Waals surface area contributed by atoms with E-state index in [1.54, 1.807) is 0 Å². The van der Waals surface area contributed by atoms with Gasteiger partial charge >= 0.3 is 0 Å². The summed E-state index contributed by atoms with van der Waals surface area (Å²) in [6, 6.07) is 18.2. The third kappa shape index (κ3) is 7.23. The van der Waals surface area contributed by atoms with E-state index in [1.807, 2.05) is 6.07 Å². The molecule has 1 saturated carbocycles. The monoisotopic (exact) mass is 429 g/mol. The predicted molar refractivity (Wildman–Crippen MR) is 137 cm³/mol. The lowest BCUT2D eigenvalue weighted by Crippen LogP contribution is -2.16. The molecule has 0 spiro atoms. The summed E-state index contributed by atoms with van der Waals surface area (Å²) < 4.78 is 0. The summed E-state index contributed by atoms with van der Waals surface area (Å²) >= 11 is 0. The Morgan fingerprint density at radius 1 is 0.750 bits per heavy atom. The molecule has 0 unspecified atom stereocenters. The van der Waals surface area contributed by atoms with Crippen molar-refractivity contribution < 1.29 is 0 Å². The Morgan fingerprint density at radius 3 is 2.06 bits per heavy atom. The highest BCUT2D eigenvalue weighted by molar-refractivity contribution is 5.45. The van der Waals surface area contributed by atoms with Crippen molar-refractivity contribution in [3.8, 4) is 6.07 Å². The minimum atomic E-state index is 0.573. The van der Waals surface area contributed by atoms with Crippen molar-refractivity contribution in [2.75, 3.05) is 0 Å². The first kappa shape index (κ1) is 24.6. The van der Waals surface area contributed by atoms with E-state index >= 15 is 0 Å². The van der Waals surface area contributed by atoms with Crippen molar-refractivity contribution in [2.24, 2.45) is 5.92 Å². The molecule has 1 aliphatic carbocycles. The first-order valence-corrected chi connectivity index (χ1v) is 13.3. The highest BCUT2D eigenvalue weighted by atomic mass is 14.3. The fourth-order valence-corrected chi connectivity index (χ4v) is 5.56. The van der Waals surface area contributed by atoms with Crippen molar-refractivity contribution in [1.29, 1.82) is 5.26 Å². The molecular weight excluding hydrogens is 386 g/mol. The van der Waals surface area contributed by atoms with Crippen LogP contribution in [0.25, 0.3) is 0 Å². The second kappa shape index (κ2) is 13.5. The van der Waals surface area contributed by atoms with E-state index < -0.39 is 0 Å². The number of nitriles is 1. The molecule has 172 valence electrons. The van der Waals surface area contributed by atoms with E-state index in [0.717, 1.165) is 24.3 Å². The summed E-state index contributed by atoms with van der Waals surface area (Å²) in [4.78, 5) is 0. The van der Waals surface area contributed by atoms with E-state index in [0.29, 0.717) is 5.92 Å². The summed E-state index contributed by atoms with van der Waals surface area (Å²) in [6.45, 7) is 4.55. The number of nitrogens with zero attached hydrogens (tertiary/aromatic N) is 1. The molecule has 1 fully saturated rings. The lowest BCUT2D eigenvalue weighted by atomic mass is 9.74. The van der Waals surface area contributed by atoms with Gasteiger partial charge < -0.3 is 0 Å². The van der Waals surface area contributed by atoms with Gasteiger partial charge in [0.2, 0.25) is 0 Å². The maximum atomic E-state index is 9.82. The second-order valence-electron chi connectivity index (χ2n) is 9.98. The van der Waals surface area contributed by atoms with Gasteiger partial charge in [0.05, 0.1) is 11.6 Å². The van der Waals surface area contributed by atoms with Gasteiger partial charge in [0, 0.05) is 0 Å². The van der Waals surface area contributed by atoms with Crippen LogP contribution in [0.15, 0.2) is 42.5 Å². The van der Waals surface area contributed by atoms with Gasteiger partial charge in [-0.3, -0.25) is 0 Å². The summed E-state index contributed by atoms with van der Waals surface area (Å²) in [5.41, 5.74) is 6.58. The molecule has 2 aromatic carbocycles. The molecule has 0 N–H and O–H groups in total. The van der Waals surface area contributed by atoms with Crippen LogP contribution in [0.1, 0.15) is 118 Å². The molecule has 0 saturated heterocycles. The standard InChI is InChI=1S/C31H43N/c1-3-5-7-10-25-14-16-27(17-15-25)20-21-28-12-9-13-30(24-32)31(28)29-22-18-26(19-23-29)11-8-6-4-2/h9,12-17,26,29H,3-8,10-11,18-23H2,1-2H3/t26-,29-. The lowest BCUT2D eigenvalue weighted by molar-refractivity contribution is 0.302. The minimum absolute atomic E-state index is 0.573. The average Bonchev–Trinajstić information content (AvgIpc) is 2.84. The largest absolute Gasteiger partial charge is 0.192 e. The molecule has 0 bridgehead atoms. The second-order valence-corrected chi connectivity index (χ2v) is 9.98. The molecule has 2 aromatic rings. The van der Waals surface area contributed by atoms with Crippen molar-refractivity contribution in [3.63, 3.8) is 0 Å². The third-order valence-corrected chi connectivity index (χ3v) is 7.56. The first-order chi connectivity index (χ1) is 15.7. The topological polar surface area (TPSA) is 23.8 Å². The summed E-state index contributed by atoms with van der Waals surface area (Å²) in [5, 5.41) is 9.82. The van der Waals surface area contributed by atoms with Crippen LogP contribution in [0.4, 0.5) is 0 Å². The van der Waals surface area contributed by atoms with E-state index in [1.165, 1.54) is 99.3 Å². The number of unbranched alkanes of at least 4 members (excludes halogenated alkanes) is 4. The van der Waals surface area contributed by atoms with Gasteiger partial charge in [-0.05, 0) is 91.5 Å². The number of aryl methyl sites for hydroxylation is 3. The quantitative estimate of drug-likeness (QED) is 0.309. The lowest BCUT2D eigenvalue weighted by Gasteiger charge is -2.30. The van der Waals surface area contributed by atoms with E-state index in [9.17, 15) is 5.26 Å². The number of benzene rings is 2. The van der Waals surface area contributed by atoms with E-state index in [2.05, 4.69) is 56.3 Å². The van der Waals surface area contributed by atoms with Gasteiger partial charge in [0.15, 0.2) is 0 Å². The van der Waals surface area contributed by atoms with Gasteiger partial charge in [0.1, 0.15) is 0 Å². The normalized spacial score (nSPS) is 18.4. The fraction of sp³-hybridized carbons (Fsp3) is 0.581. The third-order valence-electron chi connectivity index (χ3n) is 7.56. The minimum Gasteiger partial charge on any atom is -0.192 e. The fourth-order valence-electron chi connectivity index (χ4n) is 5.56. The Kier molecular flexibility index (Phi) is 10.3. The molecule has 0 aromatic heterocycles. The van der Waals surface area contributed by atoms with Gasteiger partial charge in [0.25, 0.3) is 0 Å². The van der Waals surface area contributed by atoms with Crippen LogP contribution in [0.5, 0.6) is 0 Å². The van der Waals surface area contributed by atoms with Gasteiger partial charge in [-0.2, -0.15) is 5.26 Å². The summed E-state index contributed by atoms with van der Waals surface area (Å²) in [5.74, 6) is 1.48. The molecular formula is C31H43N. The van der Waals surface area contributed by atoms with Crippen molar-refractivity contribution in [2.45, 2.75) is 110 Å². The van der Waals surface area contributed by atoms with Crippen LogP contribution in [0.3, 0.4) is 0 Å². The molecule has 3 rings (SSSR count). The summed E-state index contributed by atoms with van der Waals surface area (Å²) in [6.07, 6.45) is 17.9. The highest BCUT2D eigenvalue weighted by Gasteiger charge is 2.25. The van der Waals surface area contributed by atoms with Gasteiger partial charge in [-0.25, -0.2) is 0 Å². The SMILES string of the molecule is CCCCCc1ccc(CCc2cccc(C#N)c2[C@H]2CC[C@H](CCCCC)CC2)cc1.